The zero-order valence-electron chi connectivity index (χ0n) is 8.59. The molecule has 0 spiro atoms. The largest absolute Gasteiger partial charge is 0.462 e. The molecule has 0 radical (unpaired) electrons. The Morgan fingerprint density at radius 2 is 1.67 bits per heavy atom. The lowest BCUT2D eigenvalue weighted by molar-refractivity contribution is -0.153. The van der Waals surface area contributed by atoms with Gasteiger partial charge in [-0.2, -0.15) is 0 Å². The molecule has 12 heavy (non-hydrogen) atoms. The van der Waals surface area contributed by atoms with Crippen LogP contribution in [-0.4, -0.2) is 12.1 Å². The first-order chi connectivity index (χ1) is 5.65. The van der Waals surface area contributed by atoms with Crippen molar-refractivity contribution in [1.82, 2.24) is 0 Å². The summed E-state index contributed by atoms with van der Waals surface area (Å²) in [7, 11) is 0. The molecule has 0 fully saturated rings. The van der Waals surface area contributed by atoms with Gasteiger partial charge in [-0.1, -0.05) is 27.7 Å². The van der Waals surface area contributed by atoms with Crippen LogP contribution < -0.4 is 0 Å². The zero-order chi connectivity index (χ0) is 9.56. The molecule has 0 amide bonds. The van der Waals surface area contributed by atoms with Crippen molar-refractivity contribution in [2.45, 2.75) is 53.1 Å². The van der Waals surface area contributed by atoms with Crippen molar-refractivity contribution >= 4 is 5.97 Å². The summed E-state index contributed by atoms with van der Waals surface area (Å²) in [6, 6.07) is 0. The molecule has 1 unspecified atom stereocenters. The summed E-state index contributed by atoms with van der Waals surface area (Å²) in [5.74, 6) is -0.00296. The maximum absolute atomic E-state index is 11.3. The zero-order valence-corrected chi connectivity index (χ0v) is 8.59. The van der Waals surface area contributed by atoms with Gasteiger partial charge >= 0.3 is 5.97 Å². The second-order valence-corrected chi connectivity index (χ2v) is 3.18. The number of carbonyl (C=O) groups excluding carboxylic acids is 1. The standard InChI is InChI=1S/C10H20O2/c1-5-8(4)10(11)12-9(6-2)7-3/h8-9H,5-7H2,1-4H3. The average molecular weight is 172 g/mol. The van der Waals surface area contributed by atoms with Gasteiger partial charge in [0, 0.05) is 0 Å². The third-order valence-electron chi connectivity index (χ3n) is 2.21. The van der Waals surface area contributed by atoms with Crippen molar-refractivity contribution in [2.24, 2.45) is 5.92 Å². The van der Waals surface area contributed by atoms with Crippen molar-refractivity contribution in [3.8, 4) is 0 Å². The molecule has 0 saturated heterocycles. The molecule has 0 aliphatic heterocycles. The quantitative estimate of drug-likeness (QED) is 0.596. The molecule has 2 heteroatoms. The summed E-state index contributed by atoms with van der Waals surface area (Å²) < 4.78 is 5.26. The highest BCUT2D eigenvalue weighted by Crippen LogP contribution is 2.09. The topological polar surface area (TPSA) is 26.3 Å². The second kappa shape index (κ2) is 6.04. The first-order valence-electron chi connectivity index (χ1n) is 4.86. The van der Waals surface area contributed by atoms with E-state index in [1.165, 1.54) is 0 Å². The van der Waals surface area contributed by atoms with Crippen LogP contribution in [0.5, 0.6) is 0 Å². The van der Waals surface area contributed by atoms with Gasteiger partial charge in [0.05, 0.1) is 5.92 Å². The second-order valence-electron chi connectivity index (χ2n) is 3.18. The molecular weight excluding hydrogens is 152 g/mol. The van der Waals surface area contributed by atoms with Crippen LogP contribution in [0, 0.1) is 5.92 Å². The summed E-state index contributed by atoms with van der Waals surface area (Å²) in [4.78, 5) is 11.3. The van der Waals surface area contributed by atoms with Crippen LogP contribution in [0.25, 0.3) is 0 Å². The van der Waals surface area contributed by atoms with E-state index in [2.05, 4.69) is 0 Å². The fourth-order valence-electron chi connectivity index (χ4n) is 0.902. The molecule has 0 aliphatic rings. The molecule has 0 aromatic carbocycles. The summed E-state index contributed by atoms with van der Waals surface area (Å²) in [5, 5.41) is 0. The molecule has 0 aromatic rings. The van der Waals surface area contributed by atoms with Gasteiger partial charge in [-0.3, -0.25) is 4.79 Å². The predicted molar refractivity (Wildman–Crippen MR) is 49.9 cm³/mol. The Kier molecular flexibility index (Phi) is 5.77. The van der Waals surface area contributed by atoms with E-state index in [1.807, 2.05) is 27.7 Å². The molecule has 0 bridgehead atoms. The highest BCUT2D eigenvalue weighted by atomic mass is 16.5. The maximum Gasteiger partial charge on any atom is 0.308 e. The molecule has 2 nitrogen and oxygen atoms in total. The minimum Gasteiger partial charge on any atom is -0.462 e. The Bertz CT molecular complexity index is 128. The molecule has 0 aromatic heterocycles. The molecule has 1 atom stereocenters. The Morgan fingerprint density at radius 3 is 2.00 bits per heavy atom. The Balaban J connectivity index is 3.81. The van der Waals surface area contributed by atoms with Gasteiger partial charge in [0.25, 0.3) is 0 Å². The van der Waals surface area contributed by atoms with Crippen LogP contribution in [0.4, 0.5) is 0 Å². The summed E-state index contributed by atoms with van der Waals surface area (Å²) in [5.41, 5.74) is 0. The van der Waals surface area contributed by atoms with Crippen LogP contribution in [0.1, 0.15) is 47.0 Å². The van der Waals surface area contributed by atoms with E-state index >= 15 is 0 Å². The third-order valence-corrected chi connectivity index (χ3v) is 2.21. The molecule has 0 rings (SSSR count). The molecule has 0 aliphatic carbocycles. The Labute approximate surface area is 75.3 Å². The van der Waals surface area contributed by atoms with Gasteiger partial charge in [0.1, 0.15) is 6.10 Å². The van der Waals surface area contributed by atoms with Crippen LogP contribution in [0.2, 0.25) is 0 Å². The molecular formula is C10H20O2. The van der Waals surface area contributed by atoms with E-state index < -0.39 is 0 Å². The first-order valence-corrected chi connectivity index (χ1v) is 4.86. The maximum atomic E-state index is 11.3. The van der Waals surface area contributed by atoms with E-state index in [0.717, 1.165) is 19.3 Å². The van der Waals surface area contributed by atoms with Gasteiger partial charge in [-0.25, -0.2) is 0 Å². The van der Waals surface area contributed by atoms with Crippen LogP contribution in [0.15, 0.2) is 0 Å². The average Bonchev–Trinajstić information content (AvgIpc) is 2.12. The van der Waals surface area contributed by atoms with Crippen LogP contribution >= 0.6 is 0 Å². The van der Waals surface area contributed by atoms with Crippen molar-refractivity contribution in [2.75, 3.05) is 0 Å². The lowest BCUT2D eigenvalue weighted by Gasteiger charge is -2.16. The lowest BCUT2D eigenvalue weighted by atomic mass is 10.1. The highest BCUT2D eigenvalue weighted by Gasteiger charge is 2.15. The third kappa shape index (κ3) is 3.74. The number of esters is 1. The van der Waals surface area contributed by atoms with Gasteiger partial charge in [0.15, 0.2) is 0 Å². The molecule has 72 valence electrons. The number of hydrogen-bond acceptors (Lipinski definition) is 2. The van der Waals surface area contributed by atoms with Crippen LogP contribution in [-0.2, 0) is 9.53 Å². The number of rotatable bonds is 5. The van der Waals surface area contributed by atoms with Crippen molar-refractivity contribution in [1.29, 1.82) is 0 Å². The minimum atomic E-state index is -0.0498. The van der Waals surface area contributed by atoms with Crippen LogP contribution in [0.3, 0.4) is 0 Å². The number of carbonyl (C=O) groups is 1. The normalized spacial score (nSPS) is 13.1. The van der Waals surface area contributed by atoms with E-state index in [0.29, 0.717) is 0 Å². The molecule has 0 heterocycles. The summed E-state index contributed by atoms with van der Waals surface area (Å²) in [6.07, 6.45) is 2.81. The summed E-state index contributed by atoms with van der Waals surface area (Å²) >= 11 is 0. The van der Waals surface area contributed by atoms with E-state index in [-0.39, 0.29) is 18.0 Å². The molecule has 0 saturated carbocycles. The van der Waals surface area contributed by atoms with Gasteiger partial charge in [-0.05, 0) is 19.3 Å². The highest BCUT2D eigenvalue weighted by molar-refractivity contribution is 5.72. The number of ether oxygens (including phenoxy) is 1. The van der Waals surface area contributed by atoms with Crippen molar-refractivity contribution < 1.29 is 9.53 Å². The SMILES string of the molecule is CCC(CC)OC(=O)C(C)CC. The van der Waals surface area contributed by atoms with Crippen molar-refractivity contribution in [3.63, 3.8) is 0 Å². The van der Waals surface area contributed by atoms with Gasteiger partial charge in [0.2, 0.25) is 0 Å². The van der Waals surface area contributed by atoms with Crippen molar-refractivity contribution in [3.05, 3.63) is 0 Å². The minimum absolute atomic E-state index is 0.0469. The first kappa shape index (κ1) is 11.5. The fourth-order valence-corrected chi connectivity index (χ4v) is 0.902. The molecule has 0 N–H and O–H groups in total. The lowest BCUT2D eigenvalue weighted by Crippen LogP contribution is -2.21. The van der Waals surface area contributed by atoms with E-state index in [4.69, 9.17) is 4.74 Å². The Hall–Kier alpha value is -0.530. The smallest absolute Gasteiger partial charge is 0.308 e. The monoisotopic (exact) mass is 172 g/mol. The van der Waals surface area contributed by atoms with Gasteiger partial charge < -0.3 is 4.74 Å². The summed E-state index contributed by atoms with van der Waals surface area (Å²) in [6.45, 7) is 7.99. The van der Waals surface area contributed by atoms with Gasteiger partial charge in [-0.15, -0.1) is 0 Å². The Morgan fingerprint density at radius 1 is 1.17 bits per heavy atom. The number of hydrogen-bond donors (Lipinski definition) is 0. The van der Waals surface area contributed by atoms with E-state index in [9.17, 15) is 4.79 Å². The van der Waals surface area contributed by atoms with E-state index in [1.54, 1.807) is 0 Å². The fraction of sp³-hybridized carbons (Fsp3) is 0.900. The predicted octanol–water partition coefficient (Wildman–Crippen LogP) is 2.76.